The van der Waals surface area contributed by atoms with E-state index in [1.54, 1.807) is 6.07 Å². The lowest BCUT2D eigenvalue weighted by Crippen LogP contribution is -2.10. The number of carbonyl (C=O) groups is 1. The van der Waals surface area contributed by atoms with Gasteiger partial charge in [0.05, 0.1) is 21.3 Å². The Labute approximate surface area is 154 Å². The number of nitrogens with zero attached hydrogens (tertiary/aromatic N) is 2. The van der Waals surface area contributed by atoms with Gasteiger partial charge in [-0.15, -0.1) is 11.3 Å². The van der Waals surface area contributed by atoms with Gasteiger partial charge in [0.25, 0.3) is 0 Å². The molecular weight excluding hydrogens is 360 g/mol. The second-order valence-corrected chi connectivity index (χ2v) is 7.62. The zero-order valence-electron chi connectivity index (χ0n) is 13.8. The molecule has 1 N–H and O–H groups in total. The van der Waals surface area contributed by atoms with Crippen LogP contribution >= 0.6 is 22.9 Å². The molecule has 0 unspecified atom stereocenters. The van der Waals surface area contributed by atoms with Crippen molar-refractivity contribution < 1.29 is 14.3 Å². The van der Waals surface area contributed by atoms with Crippen molar-refractivity contribution in [3.05, 3.63) is 52.0 Å². The molecule has 0 fully saturated rings. The zero-order chi connectivity index (χ0) is 18.0. The van der Waals surface area contributed by atoms with Crippen LogP contribution in [0.4, 0.5) is 0 Å². The Morgan fingerprint density at radius 3 is 2.52 bits per heavy atom. The van der Waals surface area contributed by atoms with Crippen molar-refractivity contribution in [2.24, 2.45) is 0 Å². The van der Waals surface area contributed by atoms with Crippen LogP contribution in [0.15, 0.2) is 40.8 Å². The second kappa shape index (κ2) is 7.39. The summed E-state index contributed by atoms with van der Waals surface area (Å²) >= 11 is 7.32. The van der Waals surface area contributed by atoms with Gasteiger partial charge in [0, 0.05) is 12.1 Å². The number of oxazole rings is 1. The number of benzene rings is 1. The molecule has 7 heteroatoms. The van der Waals surface area contributed by atoms with E-state index in [-0.39, 0.29) is 6.42 Å². The lowest BCUT2D eigenvalue weighted by atomic mass is 10.1. The maximum Gasteiger partial charge on any atom is 0.309 e. The maximum atomic E-state index is 11.1. The van der Waals surface area contributed by atoms with E-state index < -0.39 is 5.97 Å². The number of aliphatic carboxylic acids is 1. The maximum absolute atomic E-state index is 11.1. The SMILES string of the molecule is CN(C)Cc1ccc(-c2nc(CC(=O)O)c(-c3ccc(Cl)s3)o2)cc1. The second-order valence-electron chi connectivity index (χ2n) is 5.90. The molecule has 0 aliphatic carbocycles. The summed E-state index contributed by atoms with van der Waals surface area (Å²) in [6.45, 7) is 0.842. The van der Waals surface area contributed by atoms with Crippen molar-refractivity contribution in [2.45, 2.75) is 13.0 Å². The minimum atomic E-state index is -0.954. The molecule has 5 nitrogen and oxygen atoms in total. The molecule has 3 rings (SSSR count). The van der Waals surface area contributed by atoms with Crippen molar-refractivity contribution >= 4 is 28.9 Å². The molecule has 0 saturated carbocycles. The zero-order valence-corrected chi connectivity index (χ0v) is 15.4. The minimum absolute atomic E-state index is 0.201. The molecule has 0 radical (unpaired) electrons. The van der Waals surface area contributed by atoms with Gasteiger partial charge < -0.3 is 14.4 Å². The average Bonchev–Trinajstić information content (AvgIpc) is 3.13. The van der Waals surface area contributed by atoms with Gasteiger partial charge in [-0.2, -0.15) is 0 Å². The predicted octanol–water partition coefficient (Wildman–Crippen LogP) is 4.41. The summed E-state index contributed by atoms with van der Waals surface area (Å²) in [6.07, 6.45) is -0.201. The van der Waals surface area contributed by atoms with Crippen LogP contribution in [-0.2, 0) is 17.8 Å². The first-order valence-corrected chi connectivity index (χ1v) is 8.83. The van der Waals surface area contributed by atoms with Crippen molar-refractivity contribution in [3.8, 4) is 22.1 Å². The number of carboxylic acids is 1. The smallest absolute Gasteiger partial charge is 0.309 e. The van der Waals surface area contributed by atoms with Crippen LogP contribution in [0.3, 0.4) is 0 Å². The Morgan fingerprint density at radius 1 is 1.24 bits per heavy atom. The van der Waals surface area contributed by atoms with E-state index in [1.165, 1.54) is 16.9 Å². The highest BCUT2D eigenvalue weighted by molar-refractivity contribution is 7.19. The fourth-order valence-electron chi connectivity index (χ4n) is 2.48. The van der Waals surface area contributed by atoms with E-state index in [0.29, 0.717) is 21.7 Å². The van der Waals surface area contributed by atoms with E-state index in [9.17, 15) is 4.79 Å². The first-order valence-electron chi connectivity index (χ1n) is 7.63. The number of thiophene rings is 1. The van der Waals surface area contributed by atoms with Crippen LogP contribution in [0.1, 0.15) is 11.3 Å². The number of hydrogen-bond acceptors (Lipinski definition) is 5. The molecule has 0 amide bonds. The van der Waals surface area contributed by atoms with Crippen molar-refractivity contribution in [1.82, 2.24) is 9.88 Å². The lowest BCUT2D eigenvalue weighted by molar-refractivity contribution is -0.136. The standard InChI is InChI=1S/C18H17ClN2O3S/c1-21(2)10-11-3-5-12(6-4-11)18-20-13(9-16(22)23)17(24-18)14-7-8-15(19)25-14/h3-8H,9-10H2,1-2H3,(H,22,23). The van der Waals surface area contributed by atoms with Gasteiger partial charge >= 0.3 is 5.97 Å². The molecule has 1 aromatic carbocycles. The molecule has 2 aromatic heterocycles. The van der Waals surface area contributed by atoms with E-state index >= 15 is 0 Å². The highest BCUT2D eigenvalue weighted by Crippen LogP contribution is 2.36. The number of hydrogen-bond donors (Lipinski definition) is 1. The molecule has 2 heterocycles. The van der Waals surface area contributed by atoms with Crippen molar-refractivity contribution in [1.29, 1.82) is 0 Å². The fraction of sp³-hybridized carbons (Fsp3) is 0.222. The molecular formula is C18H17ClN2O3S. The summed E-state index contributed by atoms with van der Waals surface area (Å²) in [7, 11) is 4.03. The normalized spacial score (nSPS) is 11.2. The number of carboxylic acid groups (broad SMARTS) is 1. The van der Waals surface area contributed by atoms with E-state index in [2.05, 4.69) is 9.88 Å². The molecule has 0 aliphatic heterocycles. The molecule has 0 spiro atoms. The van der Waals surface area contributed by atoms with Crippen LogP contribution in [0, 0.1) is 0 Å². The Morgan fingerprint density at radius 2 is 1.96 bits per heavy atom. The fourth-order valence-corrected chi connectivity index (χ4v) is 3.53. The van der Waals surface area contributed by atoms with Gasteiger partial charge in [-0.3, -0.25) is 4.79 Å². The van der Waals surface area contributed by atoms with Crippen LogP contribution in [-0.4, -0.2) is 35.1 Å². The van der Waals surface area contributed by atoms with Crippen molar-refractivity contribution in [2.75, 3.05) is 14.1 Å². The van der Waals surface area contributed by atoms with Crippen LogP contribution in [0.25, 0.3) is 22.1 Å². The van der Waals surface area contributed by atoms with Crippen LogP contribution < -0.4 is 0 Å². The summed E-state index contributed by atoms with van der Waals surface area (Å²) in [5.41, 5.74) is 2.39. The monoisotopic (exact) mass is 376 g/mol. The highest BCUT2D eigenvalue weighted by atomic mass is 35.5. The quantitative estimate of drug-likeness (QED) is 0.690. The molecule has 25 heavy (non-hydrogen) atoms. The Hall–Kier alpha value is -2.15. The van der Waals surface area contributed by atoms with Crippen molar-refractivity contribution in [3.63, 3.8) is 0 Å². The number of halogens is 1. The van der Waals surface area contributed by atoms with E-state index in [1.807, 2.05) is 44.4 Å². The minimum Gasteiger partial charge on any atom is -0.481 e. The largest absolute Gasteiger partial charge is 0.481 e. The third kappa shape index (κ3) is 4.28. The summed E-state index contributed by atoms with van der Waals surface area (Å²) in [5, 5.41) is 9.13. The molecule has 0 atom stereocenters. The van der Waals surface area contributed by atoms with Gasteiger partial charge in [-0.1, -0.05) is 23.7 Å². The van der Waals surface area contributed by atoms with Gasteiger partial charge in [-0.05, 0) is 43.9 Å². The third-order valence-electron chi connectivity index (χ3n) is 3.51. The van der Waals surface area contributed by atoms with Crippen LogP contribution in [0.5, 0.6) is 0 Å². The van der Waals surface area contributed by atoms with E-state index in [0.717, 1.165) is 17.0 Å². The van der Waals surface area contributed by atoms with E-state index in [4.69, 9.17) is 21.1 Å². The topological polar surface area (TPSA) is 66.6 Å². The summed E-state index contributed by atoms with van der Waals surface area (Å²) in [4.78, 5) is 18.4. The number of aromatic nitrogens is 1. The first-order chi connectivity index (χ1) is 11.9. The molecule has 3 aromatic rings. The van der Waals surface area contributed by atoms with Gasteiger partial charge in [0.1, 0.15) is 0 Å². The molecule has 0 saturated heterocycles. The predicted molar refractivity (Wildman–Crippen MR) is 99.0 cm³/mol. The van der Waals surface area contributed by atoms with Gasteiger partial charge in [-0.25, -0.2) is 4.98 Å². The lowest BCUT2D eigenvalue weighted by Gasteiger charge is -2.09. The summed E-state index contributed by atoms with van der Waals surface area (Å²) in [5.74, 6) is -0.0797. The summed E-state index contributed by atoms with van der Waals surface area (Å²) < 4.78 is 6.50. The van der Waals surface area contributed by atoms with Gasteiger partial charge in [0.15, 0.2) is 5.76 Å². The molecule has 0 bridgehead atoms. The molecule has 0 aliphatic rings. The van der Waals surface area contributed by atoms with Crippen LogP contribution in [0.2, 0.25) is 4.34 Å². The highest BCUT2D eigenvalue weighted by Gasteiger charge is 2.20. The Balaban J connectivity index is 1.96. The first kappa shape index (κ1) is 17.7. The Kier molecular flexibility index (Phi) is 5.22. The Bertz CT molecular complexity index is 884. The van der Waals surface area contributed by atoms with Gasteiger partial charge in [0.2, 0.25) is 5.89 Å². The third-order valence-corrected chi connectivity index (χ3v) is 4.74. The molecule has 130 valence electrons. The average molecular weight is 377 g/mol. The summed E-state index contributed by atoms with van der Waals surface area (Å²) in [6, 6.07) is 11.4. The number of rotatable bonds is 6.